The van der Waals surface area contributed by atoms with E-state index in [1.165, 1.54) is 4.90 Å². The molecule has 0 fully saturated rings. The van der Waals surface area contributed by atoms with E-state index < -0.39 is 5.91 Å². The van der Waals surface area contributed by atoms with Gasteiger partial charge in [0.2, 0.25) is 11.8 Å². The number of nitrogens with zero attached hydrogens (tertiary/aromatic N) is 2. The molecular formula is C16H17N3O3. The van der Waals surface area contributed by atoms with Gasteiger partial charge < -0.3 is 10.5 Å². The number of benzene rings is 1. The van der Waals surface area contributed by atoms with Crippen LogP contribution in [0.2, 0.25) is 0 Å². The topological polar surface area (TPSA) is 85.5 Å². The summed E-state index contributed by atoms with van der Waals surface area (Å²) in [5.74, 6) is -0.749. The molecule has 0 aliphatic carbocycles. The SMILES string of the molecule is CCOc1ncccc1C(=O)N(CC(N)=O)c1ccccc1. The Morgan fingerprint density at radius 1 is 1.18 bits per heavy atom. The summed E-state index contributed by atoms with van der Waals surface area (Å²) in [5, 5.41) is 0. The van der Waals surface area contributed by atoms with E-state index in [0.717, 1.165) is 0 Å². The highest BCUT2D eigenvalue weighted by atomic mass is 16.5. The molecule has 0 bridgehead atoms. The molecule has 2 amide bonds. The summed E-state index contributed by atoms with van der Waals surface area (Å²) in [7, 11) is 0. The quantitative estimate of drug-likeness (QED) is 0.878. The van der Waals surface area contributed by atoms with Crippen molar-refractivity contribution in [2.45, 2.75) is 6.92 Å². The van der Waals surface area contributed by atoms with Crippen LogP contribution < -0.4 is 15.4 Å². The van der Waals surface area contributed by atoms with Crippen LogP contribution in [0.5, 0.6) is 5.88 Å². The highest BCUT2D eigenvalue weighted by molar-refractivity contribution is 6.09. The van der Waals surface area contributed by atoms with Gasteiger partial charge in [-0.3, -0.25) is 14.5 Å². The normalized spacial score (nSPS) is 10.0. The summed E-state index contributed by atoms with van der Waals surface area (Å²) in [4.78, 5) is 29.5. The molecule has 2 N–H and O–H groups in total. The highest BCUT2D eigenvalue weighted by Gasteiger charge is 2.23. The second kappa shape index (κ2) is 7.21. The number of para-hydroxylation sites is 1. The lowest BCUT2D eigenvalue weighted by atomic mass is 10.2. The number of carbonyl (C=O) groups excluding carboxylic acids is 2. The van der Waals surface area contributed by atoms with Crippen LogP contribution in [0, 0.1) is 0 Å². The van der Waals surface area contributed by atoms with Gasteiger partial charge in [0.05, 0.1) is 6.61 Å². The summed E-state index contributed by atoms with van der Waals surface area (Å²) < 4.78 is 5.37. The largest absolute Gasteiger partial charge is 0.477 e. The highest BCUT2D eigenvalue weighted by Crippen LogP contribution is 2.21. The molecule has 6 nitrogen and oxygen atoms in total. The Labute approximate surface area is 128 Å². The molecule has 2 rings (SSSR count). The third-order valence-electron chi connectivity index (χ3n) is 2.91. The lowest BCUT2D eigenvalue weighted by Gasteiger charge is -2.22. The first-order valence-corrected chi connectivity index (χ1v) is 6.86. The monoisotopic (exact) mass is 299 g/mol. The molecule has 0 spiro atoms. The summed E-state index contributed by atoms with van der Waals surface area (Å²) in [6.45, 7) is 1.98. The van der Waals surface area contributed by atoms with Crippen LogP contribution in [0.25, 0.3) is 0 Å². The van der Waals surface area contributed by atoms with Crippen LogP contribution in [0.1, 0.15) is 17.3 Å². The molecule has 1 aromatic carbocycles. The molecule has 0 saturated carbocycles. The number of pyridine rings is 1. The molecule has 0 unspecified atom stereocenters. The number of carbonyl (C=O) groups is 2. The molecule has 0 atom stereocenters. The van der Waals surface area contributed by atoms with Gasteiger partial charge in [0.1, 0.15) is 12.1 Å². The Morgan fingerprint density at radius 3 is 2.55 bits per heavy atom. The van der Waals surface area contributed by atoms with Crippen molar-refractivity contribution in [1.82, 2.24) is 4.98 Å². The predicted octanol–water partition coefficient (Wildman–Crippen LogP) is 1.61. The number of hydrogen-bond acceptors (Lipinski definition) is 4. The zero-order chi connectivity index (χ0) is 15.9. The number of aromatic nitrogens is 1. The molecule has 22 heavy (non-hydrogen) atoms. The number of hydrogen-bond donors (Lipinski definition) is 1. The van der Waals surface area contributed by atoms with E-state index in [-0.39, 0.29) is 23.9 Å². The maximum absolute atomic E-state index is 12.8. The van der Waals surface area contributed by atoms with E-state index in [9.17, 15) is 9.59 Å². The number of rotatable bonds is 6. The zero-order valence-corrected chi connectivity index (χ0v) is 12.2. The van der Waals surface area contributed by atoms with Gasteiger partial charge >= 0.3 is 0 Å². The minimum Gasteiger partial charge on any atom is -0.477 e. The van der Waals surface area contributed by atoms with E-state index in [0.29, 0.717) is 12.3 Å². The van der Waals surface area contributed by atoms with Crippen LogP contribution in [0.3, 0.4) is 0 Å². The van der Waals surface area contributed by atoms with Crippen LogP contribution >= 0.6 is 0 Å². The van der Waals surface area contributed by atoms with Crippen molar-refractivity contribution in [1.29, 1.82) is 0 Å². The molecule has 2 aromatic rings. The van der Waals surface area contributed by atoms with E-state index >= 15 is 0 Å². The standard InChI is InChI=1S/C16H17N3O3/c1-2-22-15-13(9-6-10-18-15)16(21)19(11-14(17)20)12-7-4-3-5-8-12/h3-10H,2,11H2,1H3,(H2,17,20). The maximum Gasteiger partial charge on any atom is 0.264 e. The van der Waals surface area contributed by atoms with E-state index in [1.54, 1.807) is 49.5 Å². The first-order chi connectivity index (χ1) is 10.6. The lowest BCUT2D eigenvalue weighted by molar-refractivity contribution is -0.116. The van der Waals surface area contributed by atoms with Crippen molar-refractivity contribution >= 4 is 17.5 Å². The number of primary amides is 1. The molecular weight excluding hydrogens is 282 g/mol. The van der Waals surface area contributed by atoms with E-state index in [1.807, 2.05) is 6.07 Å². The Hall–Kier alpha value is -2.89. The smallest absolute Gasteiger partial charge is 0.264 e. The first-order valence-electron chi connectivity index (χ1n) is 6.86. The number of anilines is 1. The fraction of sp³-hybridized carbons (Fsp3) is 0.188. The molecule has 6 heteroatoms. The zero-order valence-electron chi connectivity index (χ0n) is 12.2. The molecule has 0 aliphatic rings. The van der Waals surface area contributed by atoms with Crippen LogP contribution in [0.15, 0.2) is 48.7 Å². The van der Waals surface area contributed by atoms with Crippen molar-refractivity contribution in [3.8, 4) is 5.88 Å². The van der Waals surface area contributed by atoms with Crippen LogP contribution in [-0.2, 0) is 4.79 Å². The molecule has 1 aromatic heterocycles. The first kappa shape index (κ1) is 15.5. The maximum atomic E-state index is 12.8. The predicted molar refractivity (Wildman–Crippen MR) is 82.7 cm³/mol. The Bertz CT molecular complexity index is 659. The summed E-state index contributed by atoms with van der Waals surface area (Å²) in [6.07, 6.45) is 1.54. The van der Waals surface area contributed by atoms with Crippen LogP contribution in [0.4, 0.5) is 5.69 Å². The fourth-order valence-electron chi connectivity index (χ4n) is 1.99. The Balaban J connectivity index is 2.40. The van der Waals surface area contributed by atoms with Gasteiger partial charge in [-0.1, -0.05) is 18.2 Å². The van der Waals surface area contributed by atoms with E-state index in [2.05, 4.69) is 4.98 Å². The number of amides is 2. The van der Waals surface area contributed by atoms with Gasteiger partial charge in [-0.2, -0.15) is 0 Å². The molecule has 1 heterocycles. The molecule has 114 valence electrons. The third kappa shape index (κ3) is 3.60. The number of ether oxygens (including phenoxy) is 1. The van der Waals surface area contributed by atoms with Gasteiger partial charge in [0.15, 0.2) is 0 Å². The van der Waals surface area contributed by atoms with Gasteiger partial charge in [-0.15, -0.1) is 0 Å². The Morgan fingerprint density at radius 2 is 1.91 bits per heavy atom. The summed E-state index contributed by atoms with van der Waals surface area (Å²) >= 11 is 0. The molecule has 0 radical (unpaired) electrons. The third-order valence-corrected chi connectivity index (χ3v) is 2.91. The summed E-state index contributed by atoms with van der Waals surface area (Å²) in [5.41, 5.74) is 6.13. The van der Waals surface area contributed by atoms with Crippen LogP contribution in [-0.4, -0.2) is 29.9 Å². The molecule has 0 saturated heterocycles. The van der Waals surface area contributed by atoms with Gasteiger partial charge in [0.25, 0.3) is 5.91 Å². The van der Waals surface area contributed by atoms with Crippen molar-refractivity contribution < 1.29 is 14.3 Å². The van der Waals surface area contributed by atoms with Crippen molar-refractivity contribution in [3.63, 3.8) is 0 Å². The minimum absolute atomic E-state index is 0.219. The van der Waals surface area contributed by atoms with Crippen molar-refractivity contribution in [3.05, 3.63) is 54.2 Å². The van der Waals surface area contributed by atoms with Gasteiger partial charge in [0, 0.05) is 11.9 Å². The number of nitrogens with two attached hydrogens (primary N) is 1. The van der Waals surface area contributed by atoms with Crippen molar-refractivity contribution in [2.24, 2.45) is 5.73 Å². The second-order valence-electron chi connectivity index (χ2n) is 4.48. The second-order valence-corrected chi connectivity index (χ2v) is 4.48. The Kier molecular flexibility index (Phi) is 5.08. The minimum atomic E-state index is -0.598. The molecule has 0 aliphatic heterocycles. The van der Waals surface area contributed by atoms with Gasteiger partial charge in [-0.05, 0) is 31.2 Å². The van der Waals surface area contributed by atoms with Crippen molar-refractivity contribution in [2.75, 3.05) is 18.1 Å². The average molecular weight is 299 g/mol. The lowest BCUT2D eigenvalue weighted by Crippen LogP contribution is -2.38. The van der Waals surface area contributed by atoms with E-state index in [4.69, 9.17) is 10.5 Å². The average Bonchev–Trinajstić information content (AvgIpc) is 2.53. The summed E-state index contributed by atoms with van der Waals surface area (Å²) in [6, 6.07) is 12.1. The fourth-order valence-corrected chi connectivity index (χ4v) is 1.99. The van der Waals surface area contributed by atoms with Gasteiger partial charge in [-0.25, -0.2) is 4.98 Å².